The molecule has 1 atom stereocenters. The molecule has 0 N–H and O–H groups in total. The van der Waals surface area contributed by atoms with Gasteiger partial charge in [0.25, 0.3) is 0 Å². The number of carbonyl (C=O) groups is 1. The van der Waals surface area contributed by atoms with E-state index in [0.717, 1.165) is 18.4 Å². The van der Waals surface area contributed by atoms with Crippen LogP contribution in [0, 0.1) is 6.92 Å². The molecule has 1 saturated heterocycles. The summed E-state index contributed by atoms with van der Waals surface area (Å²) in [6.45, 7) is 5.44. The summed E-state index contributed by atoms with van der Waals surface area (Å²) in [5.41, 5.74) is 0.767. The number of hydrogen-bond acceptors (Lipinski definition) is 6. The molecule has 150 valence electrons. The molecule has 1 aliphatic heterocycles. The zero-order valence-corrected chi connectivity index (χ0v) is 17.0. The first kappa shape index (κ1) is 20.2. The highest BCUT2D eigenvalue weighted by molar-refractivity contribution is 6.32. The Morgan fingerprint density at radius 3 is 2.96 bits per heavy atom. The third kappa shape index (κ3) is 4.65. The topological polar surface area (TPSA) is 77.7 Å². The van der Waals surface area contributed by atoms with Gasteiger partial charge in [-0.1, -0.05) is 16.8 Å². The van der Waals surface area contributed by atoms with Crippen LogP contribution in [0.25, 0.3) is 6.08 Å². The summed E-state index contributed by atoms with van der Waals surface area (Å²) in [7, 11) is 1.54. The number of methoxy groups -OCH3 is 1. The van der Waals surface area contributed by atoms with Gasteiger partial charge in [-0.25, -0.2) is 0 Å². The number of carbonyl (C=O) groups excluding carboxylic acids is 1. The molecule has 3 rings (SSSR count). The molecule has 1 fully saturated rings. The zero-order valence-electron chi connectivity index (χ0n) is 16.3. The van der Waals surface area contributed by atoms with Gasteiger partial charge in [0.1, 0.15) is 0 Å². The molecule has 28 heavy (non-hydrogen) atoms. The van der Waals surface area contributed by atoms with Crippen molar-refractivity contribution >= 4 is 23.6 Å². The van der Waals surface area contributed by atoms with Crippen molar-refractivity contribution in [1.29, 1.82) is 0 Å². The van der Waals surface area contributed by atoms with E-state index in [4.69, 9.17) is 25.6 Å². The highest BCUT2D eigenvalue weighted by atomic mass is 35.5. The predicted molar refractivity (Wildman–Crippen MR) is 106 cm³/mol. The second-order valence-corrected chi connectivity index (χ2v) is 7.01. The molecular formula is C20H24ClN3O4. The van der Waals surface area contributed by atoms with Crippen LogP contribution in [0.15, 0.2) is 22.7 Å². The first-order chi connectivity index (χ1) is 13.5. The summed E-state index contributed by atoms with van der Waals surface area (Å²) in [6.07, 6.45) is 5.11. The number of benzene rings is 1. The summed E-state index contributed by atoms with van der Waals surface area (Å²) < 4.78 is 16.1. The van der Waals surface area contributed by atoms with Gasteiger partial charge in [0.2, 0.25) is 11.8 Å². The van der Waals surface area contributed by atoms with Gasteiger partial charge < -0.3 is 18.9 Å². The molecule has 1 aliphatic rings. The molecule has 0 saturated carbocycles. The molecule has 2 aromatic rings. The Morgan fingerprint density at radius 1 is 1.46 bits per heavy atom. The third-order valence-corrected chi connectivity index (χ3v) is 4.86. The fraction of sp³-hybridized carbons (Fsp3) is 0.450. The van der Waals surface area contributed by atoms with Gasteiger partial charge >= 0.3 is 0 Å². The number of nitrogens with zero attached hydrogens (tertiary/aromatic N) is 3. The molecule has 0 aliphatic carbocycles. The molecule has 0 spiro atoms. The quantitative estimate of drug-likeness (QED) is 0.679. The van der Waals surface area contributed by atoms with E-state index in [1.54, 1.807) is 43.2 Å². The lowest BCUT2D eigenvalue weighted by molar-refractivity contribution is -0.127. The smallest absolute Gasteiger partial charge is 0.246 e. The summed E-state index contributed by atoms with van der Waals surface area (Å²) in [6, 6.07) is 3.55. The zero-order chi connectivity index (χ0) is 20.1. The second-order valence-electron chi connectivity index (χ2n) is 6.60. The molecule has 0 bridgehead atoms. The van der Waals surface area contributed by atoms with E-state index in [0.29, 0.717) is 47.9 Å². The number of hydrogen-bond donors (Lipinski definition) is 0. The Bertz CT molecular complexity index is 865. The Kier molecular flexibility index (Phi) is 6.57. The number of piperidine rings is 1. The standard InChI is InChI=1S/C20H24ClN3O4/c1-4-27-17-11-14(10-16(21)19(17)26-3)7-8-18(25)24-9-5-6-15(12-24)20-22-13(2)23-28-20/h7-8,10-11,15H,4-6,9,12H2,1-3H3. The monoisotopic (exact) mass is 405 g/mol. The third-order valence-electron chi connectivity index (χ3n) is 4.58. The lowest BCUT2D eigenvalue weighted by Crippen LogP contribution is -2.38. The van der Waals surface area contributed by atoms with Gasteiger partial charge in [-0.2, -0.15) is 4.98 Å². The minimum Gasteiger partial charge on any atom is -0.491 e. The van der Waals surface area contributed by atoms with Crippen LogP contribution in [0.5, 0.6) is 11.5 Å². The van der Waals surface area contributed by atoms with Crippen molar-refractivity contribution in [3.8, 4) is 11.5 Å². The number of aromatic nitrogens is 2. The van der Waals surface area contributed by atoms with E-state index in [9.17, 15) is 4.79 Å². The minimum atomic E-state index is -0.0640. The van der Waals surface area contributed by atoms with Crippen LogP contribution in [0.2, 0.25) is 5.02 Å². The van der Waals surface area contributed by atoms with Gasteiger partial charge in [0, 0.05) is 19.2 Å². The second kappa shape index (κ2) is 9.10. The van der Waals surface area contributed by atoms with E-state index < -0.39 is 0 Å². The average Bonchev–Trinajstić information content (AvgIpc) is 3.13. The lowest BCUT2D eigenvalue weighted by Gasteiger charge is -2.30. The summed E-state index contributed by atoms with van der Waals surface area (Å²) in [5, 5.41) is 4.28. The van der Waals surface area contributed by atoms with E-state index >= 15 is 0 Å². The summed E-state index contributed by atoms with van der Waals surface area (Å²) in [4.78, 5) is 18.8. The van der Waals surface area contributed by atoms with Crippen molar-refractivity contribution in [2.75, 3.05) is 26.8 Å². The molecule has 1 amide bonds. The van der Waals surface area contributed by atoms with Crippen LogP contribution in [0.1, 0.15) is 43.0 Å². The average molecular weight is 406 g/mol. The largest absolute Gasteiger partial charge is 0.491 e. The van der Waals surface area contributed by atoms with Crippen molar-refractivity contribution in [2.24, 2.45) is 0 Å². The SMILES string of the molecule is CCOc1cc(C=CC(=O)N2CCCC(c3nc(C)no3)C2)cc(Cl)c1OC. The van der Waals surface area contributed by atoms with Gasteiger partial charge in [-0.3, -0.25) is 4.79 Å². The van der Waals surface area contributed by atoms with Crippen molar-refractivity contribution < 1.29 is 18.8 Å². The highest BCUT2D eigenvalue weighted by Gasteiger charge is 2.27. The van der Waals surface area contributed by atoms with Gasteiger partial charge in [0.15, 0.2) is 17.3 Å². The first-order valence-electron chi connectivity index (χ1n) is 9.29. The van der Waals surface area contributed by atoms with Crippen LogP contribution in [0.4, 0.5) is 0 Å². The maximum absolute atomic E-state index is 12.7. The Hall–Kier alpha value is -2.54. The number of amides is 1. The predicted octanol–water partition coefficient (Wildman–Crippen LogP) is 3.86. The lowest BCUT2D eigenvalue weighted by atomic mass is 9.98. The normalized spacial score (nSPS) is 17.1. The van der Waals surface area contributed by atoms with Crippen molar-refractivity contribution in [2.45, 2.75) is 32.6 Å². The molecule has 1 aromatic heterocycles. The van der Waals surface area contributed by atoms with Crippen molar-refractivity contribution in [1.82, 2.24) is 15.0 Å². The van der Waals surface area contributed by atoms with E-state index in [-0.39, 0.29) is 11.8 Å². The van der Waals surface area contributed by atoms with E-state index in [1.807, 2.05) is 6.92 Å². The minimum absolute atomic E-state index is 0.0640. The van der Waals surface area contributed by atoms with Crippen LogP contribution in [-0.4, -0.2) is 47.8 Å². The Balaban J connectivity index is 1.70. The van der Waals surface area contributed by atoms with E-state index in [1.165, 1.54) is 0 Å². The summed E-state index contributed by atoms with van der Waals surface area (Å²) in [5.74, 6) is 2.26. The highest BCUT2D eigenvalue weighted by Crippen LogP contribution is 2.36. The molecule has 7 nitrogen and oxygen atoms in total. The Morgan fingerprint density at radius 2 is 2.29 bits per heavy atom. The first-order valence-corrected chi connectivity index (χ1v) is 9.67. The maximum atomic E-state index is 12.7. The fourth-order valence-electron chi connectivity index (χ4n) is 3.28. The molecular weight excluding hydrogens is 382 g/mol. The number of halogens is 1. The van der Waals surface area contributed by atoms with Crippen LogP contribution >= 0.6 is 11.6 Å². The number of aryl methyl sites for hydroxylation is 1. The van der Waals surface area contributed by atoms with Crippen molar-refractivity contribution in [3.63, 3.8) is 0 Å². The van der Waals surface area contributed by atoms with E-state index in [2.05, 4.69) is 10.1 Å². The molecule has 1 unspecified atom stereocenters. The van der Waals surface area contributed by atoms with Gasteiger partial charge in [-0.15, -0.1) is 0 Å². The molecule has 2 heterocycles. The van der Waals surface area contributed by atoms with Gasteiger partial charge in [-0.05, 0) is 50.5 Å². The molecule has 1 aromatic carbocycles. The van der Waals surface area contributed by atoms with Gasteiger partial charge in [0.05, 0.1) is 24.7 Å². The molecule has 0 radical (unpaired) electrons. The number of likely N-dealkylation sites (tertiary alicyclic amines) is 1. The van der Waals surface area contributed by atoms with Crippen LogP contribution in [-0.2, 0) is 4.79 Å². The Labute approximate surface area is 169 Å². The fourth-order valence-corrected chi connectivity index (χ4v) is 3.57. The number of rotatable bonds is 6. The van der Waals surface area contributed by atoms with Crippen LogP contribution in [0.3, 0.4) is 0 Å². The van der Waals surface area contributed by atoms with Crippen molar-refractivity contribution in [3.05, 3.63) is 40.5 Å². The van der Waals surface area contributed by atoms with Crippen LogP contribution < -0.4 is 9.47 Å². The summed E-state index contributed by atoms with van der Waals surface area (Å²) >= 11 is 6.27. The number of ether oxygens (including phenoxy) is 2. The maximum Gasteiger partial charge on any atom is 0.246 e. The molecule has 8 heteroatoms.